The smallest absolute Gasteiger partial charge is 0.249 e. The molecule has 0 fully saturated rings. The maximum atomic E-state index is 12.2. The molecule has 2 N–H and O–H groups in total. The average molecular weight is 225 g/mol. The second-order valence-corrected chi connectivity index (χ2v) is 3.60. The van der Waals surface area contributed by atoms with E-state index in [-0.39, 0.29) is 11.3 Å². The standard InChI is InChI=1S/C14H11NO2/c15-14(17)12-9-5-4-8-11(12)13(16)10-6-2-1-3-7-10/h1-9H,(H2,15,17). The quantitative estimate of drug-likeness (QED) is 0.812. The lowest BCUT2D eigenvalue weighted by Crippen LogP contribution is -2.16. The minimum absolute atomic E-state index is 0.194. The molecule has 0 aromatic heterocycles. The minimum atomic E-state index is -0.593. The molecule has 84 valence electrons. The van der Waals surface area contributed by atoms with E-state index in [0.717, 1.165) is 0 Å². The molecule has 2 aromatic rings. The monoisotopic (exact) mass is 225 g/mol. The van der Waals surface area contributed by atoms with E-state index >= 15 is 0 Å². The zero-order chi connectivity index (χ0) is 12.3. The molecule has 0 heterocycles. The van der Waals surface area contributed by atoms with Crippen LogP contribution in [0.4, 0.5) is 0 Å². The van der Waals surface area contributed by atoms with Gasteiger partial charge in [-0.05, 0) is 6.07 Å². The van der Waals surface area contributed by atoms with Crippen molar-refractivity contribution in [1.82, 2.24) is 0 Å². The Morgan fingerprint density at radius 2 is 1.29 bits per heavy atom. The van der Waals surface area contributed by atoms with Gasteiger partial charge in [0.05, 0.1) is 5.56 Å². The summed E-state index contributed by atoms with van der Waals surface area (Å²) in [6, 6.07) is 15.4. The van der Waals surface area contributed by atoms with Crippen LogP contribution in [0.5, 0.6) is 0 Å². The van der Waals surface area contributed by atoms with Crippen molar-refractivity contribution in [1.29, 1.82) is 0 Å². The predicted octanol–water partition coefficient (Wildman–Crippen LogP) is 2.02. The summed E-state index contributed by atoms with van der Waals surface area (Å²) in [5, 5.41) is 0. The lowest BCUT2D eigenvalue weighted by molar-refractivity contribution is 0.0981. The summed E-state index contributed by atoms with van der Waals surface area (Å²) in [4.78, 5) is 23.4. The fourth-order valence-electron chi connectivity index (χ4n) is 1.64. The lowest BCUT2D eigenvalue weighted by atomic mass is 9.98. The van der Waals surface area contributed by atoms with Crippen molar-refractivity contribution in [3.05, 3.63) is 71.3 Å². The fraction of sp³-hybridized carbons (Fsp3) is 0. The van der Waals surface area contributed by atoms with Crippen molar-refractivity contribution in [3.8, 4) is 0 Å². The Morgan fingerprint density at radius 1 is 0.765 bits per heavy atom. The van der Waals surface area contributed by atoms with E-state index in [1.165, 1.54) is 0 Å². The van der Waals surface area contributed by atoms with Crippen LogP contribution in [0.25, 0.3) is 0 Å². The van der Waals surface area contributed by atoms with Gasteiger partial charge in [-0.25, -0.2) is 0 Å². The van der Waals surface area contributed by atoms with Crippen LogP contribution >= 0.6 is 0 Å². The molecule has 0 saturated carbocycles. The van der Waals surface area contributed by atoms with Crippen molar-refractivity contribution in [2.75, 3.05) is 0 Å². The van der Waals surface area contributed by atoms with Crippen LogP contribution in [-0.2, 0) is 0 Å². The van der Waals surface area contributed by atoms with Gasteiger partial charge in [-0.15, -0.1) is 0 Å². The van der Waals surface area contributed by atoms with Crippen molar-refractivity contribution in [2.45, 2.75) is 0 Å². The number of hydrogen-bond donors (Lipinski definition) is 1. The lowest BCUT2D eigenvalue weighted by Gasteiger charge is -2.05. The predicted molar refractivity (Wildman–Crippen MR) is 64.8 cm³/mol. The molecule has 2 aromatic carbocycles. The van der Waals surface area contributed by atoms with E-state index in [9.17, 15) is 9.59 Å². The normalized spacial score (nSPS) is 9.88. The average Bonchev–Trinajstić information content (AvgIpc) is 2.39. The highest BCUT2D eigenvalue weighted by molar-refractivity contribution is 6.15. The molecule has 0 aliphatic rings. The van der Waals surface area contributed by atoms with E-state index < -0.39 is 5.91 Å². The van der Waals surface area contributed by atoms with Crippen LogP contribution in [0.3, 0.4) is 0 Å². The second-order valence-electron chi connectivity index (χ2n) is 3.60. The van der Waals surface area contributed by atoms with E-state index in [2.05, 4.69) is 0 Å². The first kappa shape index (κ1) is 11.1. The molecule has 3 nitrogen and oxygen atoms in total. The van der Waals surface area contributed by atoms with Gasteiger partial charge in [0.2, 0.25) is 5.91 Å². The van der Waals surface area contributed by atoms with Gasteiger partial charge in [0, 0.05) is 11.1 Å². The number of carbonyl (C=O) groups is 2. The Morgan fingerprint density at radius 3 is 1.88 bits per heavy atom. The maximum Gasteiger partial charge on any atom is 0.249 e. The molecule has 3 heteroatoms. The first-order valence-electron chi connectivity index (χ1n) is 5.18. The third-order valence-corrected chi connectivity index (χ3v) is 2.47. The molecule has 0 unspecified atom stereocenters. The number of primary amides is 1. The molecule has 0 spiro atoms. The van der Waals surface area contributed by atoms with Crippen LogP contribution in [0, 0.1) is 0 Å². The van der Waals surface area contributed by atoms with Crippen molar-refractivity contribution in [3.63, 3.8) is 0 Å². The van der Waals surface area contributed by atoms with E-state index in [1.807, 2.05) is 6.07 Å². The maximum absolute atomic E-state index is 12.2. The molecule has 0 saturated heterocycles. The first-order valence-corrected chi connectivity index (χ1v) is 5.18. The molecule has 1 amide bonds. The Bertz CT molecular complexity index is 561. The highest BCUT2D eigenvalue weighted by Gasteiger charge is 2.15. The summed E-state index contributed by atoms with van der Waals surface area (Å²) in [6.45, 7) is 0. The summed E-state index contributed by atoms with van der Waals surface area (Å²) < 4.78 is 0. The topological polar surface area (TPSA) is 60.2 Å². The van der Waals surface area contributed by atoms with E-state index in [4.69, 9.17) is 5.73 Å². The third-order valence-electron chi connectivity index (χ3n) is 2.47. The summed E-state index contributed by atoms with van der Waals surface area (Å²) in [7, 11) is 0. The number of nitrogens with two attached hydrogens (primary N) is 1. The van der Waals surface area contributed by atoms with Gasteiger partial charge in [0.1, 0.15) is 0 Å². The van der Waals surface area contributed by atoms with Crippen molar-refractivity contribution in [2.24, 2.45) is 5.73 Å². The van der Waals surface area contributed by atoms with E-state index in [1.54, 1.807) is 48.5 Å². The van der Waals surface area contributed by atoms with Gasteiger partial charge in [-0.1, -0.05) is 48.5 Å². The zero-order valence-electron chi connectivity index (χ0n) is 9.09. The first-order chi connectivity index (χ1) is 8.20. The third kappa shape index (κ3) is 2.23. The van der Waals surface area contributed by atoms with Crippen molar-refractivity contribution < 1.29 is 9.59 Å². The van der Waals surface area contributed by atoms with Crippen LogP contribution in [0.15, 0.2) is 54.6 Å². The van der Waals surface area contributed by atoms with E-state index in [0.29, 0.717) is 11.1 Å². The molecular weight excluding hydrogens is 214 g/mol. The highest BCUT2D eigenvalue weighted by Crippen LogP contribution is 2.14. The number of ketones is 1. The van der Waals surface area contributed by atoms with Crippen LogP contribution in [-0.4, -0.2) is 11.7 Å². The summed E-state index contributed by atoms with van der Waals surface area (Å²) in [5.41, 5.74) is 6.37. The van der Waals surface area contributed by atoms with Gasteiger partial charge < -0.3 is 5.73 Å². The molecule has 17 heavy (non-hydrogen) atoms. The Hall–Kier alpha value is -2.42. The molecule has 0 radical (unpaired) electrons. The van der Waals surface area contributed by atoms with Gasteiger partial charge in [0.15, 0.2) is 5.78 Å². The largest absolute Gasteiger partial charge is 0.366 e. The Kier molecular flexibility index (Phi) is 3.01. The van der Waals surface area contributed by atoms with Crippen LogP contribution in [0.2, 0.25) is 0 Å². The molecule has 2 rings (SSSR count). The summed E-state index contributed by atoms with van der Waals surface area (Å²) >= 11 is 0. The zero-order valence-corrected chi connectivity index (χ0v) is 9.09. The van der Waals surface area contributed by atoms with Gasteiger partial charge in [-0.2, -0.15) is 0 Å². The second kappa shape index (κ2) is 4.61. The van der Waals surface area contributed by atoms with Crippen LogP contribution in [0.1, 0.15) is 26.3 Å². The summed E-state index contributed by atoms with van der Waals surface area (Å²) in [5.74, 6) is -0.787. The highest BCUT2D eigenvalue weighted by atomic mass is 16.1. The molecule has 0 atom stereocenters. The minimum Gasteiger partial charge on any atom is -0.366 e. The summed E-state index contributed by atoms with van der Waals surface area (Å²) in [6.07, 6.45) is 0. The number of carbonyl (C=O) groups excluding carboxylic acids is 2. The fourth-order valence-corrected chi connectivity index (χ4v) is 1.64. The molecule has 0 aliphatic carbocycles. The Balaban J connectivity index is 2.48. The van der Waals surface area contributed by atoms with Crippen LogP contribution < -0.4 is 5.73 Å². The van der Waals surface area contributed by atoms with Crippen molar-refractivity contribution >= 4 is 11.7 Å². The number of rotatable bonds is 3. The number of amides is 1. The number of hydrogen-bond acceptors (Lipinski definition) is 2. The van der Waals surface area contributed by atoms with Gasteiger partial charge >= 0.3 is 0 Å². The number of benzene rings is 2. The Labute approximate surface area is 98.9 Å². The SMILES string of the molecule is NC(=O)c1ccccc1C(=O)c1ccccc1. The molecule has 0 bridgehead atoms. The van der Waals surface area contributed by atoms with Gasteiger partial charge in [0.25, 0.3) is 0 Å². The molecule has 0 aliphatic heterocycles. The van der Waals surface area contributed by atoms with Gasteiger partial charge in [-0.3, -0.25) is 9.59 Å². The molecular formula is C14H11NO2.